The average Bonchev–Trinajstić information content (AvgIpc) is 1.99. The molecule has 0 aliphatic heterocycles. The van der Waals surface area contributed by atoms with Crippen molar-refractivity contribution in [2.45, 2.75) is 33.3 Å². The first-order chi connectivity index (χ1) is 6.78. The Labute approximate surface area is 88.1 Å². The number of rotatable bonds is 2. The Morgan fingerprint density at radius 2 is 2.00 bits per heavy atom. The lowest BCUT2D eigenvalue weighted by Gasteiger charge is -2.19. The van der Waals surface area contributed by atoms with Crippen LogP contribution in [0.1, 0.15) is 37.0 Å². The Kier molecular flexibility index (Phi) is 2.93. The molecule has 0 saturated carbocycles. The number of aryl methyl sites for hydroxylation is 1. The molecule has 1 heterocycles. The van der Waals surface area contributed by atoms with Gasteiger partial charge in [-0.2, -0.15) is 4.98 Å². The normalized spacial score (nSPS) is 11.2. The van der Waals surface area contributed by atoms with Gasteiger partial charge < -0.3 is 9.84 Å². The van der Waals surface area contributed by atoms with Gasteiger partial charge in [0.25, 0.3) is 0 Å². The van der Waals surface area contributed by atoms with Crippen molar-refractivity contribution in [1.29, 1.82) is 0 Å². The lowest BCUT2D eigenvalue weighted by molar-refractivity contribution is 0.0682. The zero-order valence-corrected chi connectivity index (χ0v) is 9.24. The van der Waals surface area contributed by atoms with Gasteiger partial charge in [0.1, 0.15) is 5.60 Å². The van der Waals surface area contributed by atoms with Crippen LogP contribution in [0.4, 0.5) is 0 Å². The van der Waals surface area contributed by atoms with Gasteiger partial charge in [-0.25, -0.2) is 9.78 Å². The Balaban J connectivity index is 3.04. The van der Waals surface area contributed by atoms with E-state index in [0.717, 1.165) is 0 Å². The van der Waals surface area contributed by atoms with Crippen molar-refractivity contribution in [1.82, 2.24) is 9.97 Å². The van der Waals surface area contributed by atoms with E-state index in [9.17, 15) is 4.79 Å². The van der Waals surface area contributed by atoms with Crippen LogP contribution in [0.25, 0.3) is 0 Å². The van der Waals surface area contributed by atoms with Gasteiger partial charge in [-0.05, 0) is 33.8 Å². The molecule has 1 aromatic rings. The number of aromatic carboxylic acids is 1. The molecule has 5 nitrogen and oxygen atoms in total. The van der Waals surface area contributed by atoms with Crippen LogP contribution in [-0.2, 0) is 0 Å². The first-order valence-corrected chi connectivity index (χ1v) is 4.56. The molecule has 0 saturated heterocycles. The maximum atomic E-state index is 10.7. The highest BCUT2D eigenvalue weighted by molar-refractivity contribution is 5.85. The molecule has 0 spiro atoms. The summed E-state index contributed by atoms with van der Waals surface area (Å²) in [7, 11) is 0. The minimum absolute atomic E-state index is 0.0539. The maximum absolute atomic E-state index is 10.7. The fourth-order valence-corrected chi connectivity index (χ4v) is 0.970. The zero-order chi connectivity index (χ0) is 11.6. The third-order valence-electron chi connectivity index (χ3n) is 1.45. The fraction of sp³-hybridized carbons (Fsp3) is 0.500. The molecule has 0 aromatic carbocycles. The zero-order valence-electron chi connectivity index (χ0n) is 9.24. The van der Waals surface area contributed by atoms with Gasteiger partial charge in [-0.1, -0.05) is 0 Å². The monoisotopic (exact) mass is 210 g/mol. The topological polar surface area (TPSA) is 72.3 Å². The van der Waals surface area contributed by atoms with Gasteiger partial charge >= 0.3 is 12.0 Å². The maximum Gasteiger partial charge on any atom is 0.354 e. The Morgan fingerprint density at radius 3 is 2.47 bits per heavy atom. The van der Waals surface area contributed by atoms with E-state index < -0.39 is 11.6 Å². The highest BCUT2D eigenvalue weighted by Crippen LogP contribution is 2.14. The molecule has 0 amide bonds. The molecule has 1 rings (SSSR count). The van der Waals surface area contributed by atoms with Crippen molar-refractivity contribution in [2.24, 2.45) is 0 Å². The molecule has 0 unspecified atom stereocenters. The van der Waals surface area contributed by atoms with Crippen LogP contribution >= 0.6 is 0 Å². The molecule has 82 valence electrons. The summed E-state index contributed by atoms with van der Waals surface area (Å²) in [6, 6.07) is 1.50. The largest absolute Gasteiger partial charge is 0.477 e. The van der Waals surface area contributed by atoms with Gasteiger partial charge in [0.15, 0.2) is 5.69 Å². The van der Waals surface area contributed by atoms with Gasteiger partial charge in [0.2, 0.25) is 0 Å². The number of ether oxygens (including phenoxy) is 1. The summed E-state index contributed by atoms with van der Waals surface area (Å²) in [5, 5.41) is 8.79. The van der Waals surface area contributed by atoms with Gasteiger partial charge in [-0.15, -0.1) is 0 Å². The van der Waals surface area contributed by atoms with Crippen molar-refractivity contribution >= 4 is 5.97 Å². The Hall–Kier alpha value is -1.65. The summed E-state index contributed by atoms with van der Waals surface area (Å²) in [5.41, 5.74) is 0.0761. The second-order valence-electron chi connectivity index (χ2n) is 4.20. The molecule has 0 radical (unpaired) electrons. The van der Waals surface area contributed by atoms with Gasteiger partial charge in [0.05, 0.1) is 0 Å². The first-order valence-electron chi connectivity index (χ1n) is 4.56. The van der Waals surface area contributed by atoms with E-state index >= 15 is 0 Å². The van der Waals surface area contributed by atoms with Crippen LogP contribution in [0.3, 0.4) is 0 Å². The van der Waals surface area contributed by atoms with E-state index in [2.05, 4.69) is 9.97 Å². The van der Waals surface area contributed by atoms with Crippen LogP contribution in [0.15, 0.2) is 6.07 Å². The van der Waals surface area contributed by atoms with Gasteiger partial charge in [0, 0.05) is 5.69 Å². The second-order valence-corrected chi connectivity index (χ2v) is 4.20. The Morgan fingerprint density at radius 1 is 1.40 bits per heavy atom. The minimum Gasteiger partial charge on any atom is -0.477 e. The molecule has 0 bridgehead atoms. The van der Waals surface area contributed by atoms with Crippen molar-refractivity contribution in [3.8, 4) is 6.01 Å². The van der Waals surface area contributed by atoms with Crippen molar-refractivity contribution in [3.63, 3.8) is 0 Å². The SMILES string of the molecule is Cc1cc(C(=O)O)nc(OC(C)(C)C)n1. The second kappa shape index (κ2) is 3.84. The number of carboxylic acid groups (broad SMARTS) is 1. The number of carboxylic acids is 1. The fourth-order valence-electron chi connectivity index (χ4n) is 0.970. The number of aromatic nitrogens is 2. The molecule has 0 atom stereocenters. The smallest absolute Gasteiger partial charge is 0.354 e. The average molecular weight is 210 g/mol. The van der Waals surface area contributed by atoms with E-state index in [4.69, 9.17) is 9.84 Å². The summed E-state index contributed by atoms with van der Waals surface area (Å²) in [4.78, 5) is 18.5. The molecule has 0 fully saturated rings. The summed E-state index contributed by atoms with van der Waals surface area (Å²) >= 11 is 0. The predicted octanol–water partition coefficient (Wildman–Crippen LogP) is 1.66. The van der Waals surface area contributed by atoms with E-state index in [1.807, 2.05) is 20.8 Å². The van der Waals surface area contributed by atoms with Crippen LogP contribution in [-0.4, -0.2) is 26.6 Å². The third-order valence-corrected chi connectivity index (χ3v) is 1.45. The summed E-state index contributed by atoms with van der Waals surface area (Å²) in [6.45, 7) is 7.24. The number of hydrogen-bond donors (Lipinski definition) is 1. The van der Waals surface area contributed by atoms with E-state index in [0.29, 0.717) is 5.69 Å². The number of carbonyl (C=O) groups is 1. The molecule has 0 aliphatic carbocycles. The molecule has 15 heavy (non-hydrogen) atoms. The van der Waals surface area contributed by atoms with Crippen LogP contribution in [0.5, 0.6) is 6.01 Å². The quantitative estimate of drug-likeness (QED) is 0.803. The minimum atomic E-state index is -1.08. The molecule has 5 heteroatoms. The predicted molar refractivity (Wildman–Crippen MR) is 54.1 cm³/mol. The van der Waals surface area contributed by atoms with E-state index in [1.54, 1.807) is 6.92 Å². The third kappa shape index (κ3) is 3.53. The lowest BCUT2D eigenvalue weighted by atomic mass is 10.2. The van der Waals surface area contributed by atoms with Crippen LogP contribution < -0.4 is 4.74 Å². The first kappa shape index (κ1) is 11.4. The lowest BCUT2D eigenvalue weighted by Crippen LogP contribution is -2.24. The Bertz CT molecular complexity index is 383. The molecule has 1 aromatic heterocycles. The van der Waals surface area contributed by atoms with Gasteiger partial charge in [-0.3, -0.25) is 0 Å². The molecular formula is C10H14N2O3. The highest BCUT2D eigenvalue weighted by atomic mass is 16.5. The van der Waals surface area contributed by atoms with E-state index in [1.165, 1.54) is 6.07 Å². The summed E-state index contributed by atoms with van der Waals surface area (Å²) < 4.78 is 5.39. The van der Waals surface area contributed by atoms with E-state index in [-0.39, 0.29) is 11.7 Å². The standard InChI is InChI=1S/C10H14N2O3/c1-6-5-7(8(13)14)12-9(11-6)15-10(2,3)4/h5H,1-4H3,(H,13,14). The molecule has 0 aliphatic rings. The number of hydrogen-bond acceptors (Lipinski definition) is 4. The van der Waals surface area contributed by atoms with Crippen molar-refractivity contribution < 1.29 is 14.6 Å². The van der Waals surface area contributed by atoms with Crippen molar-refractivity contribution in [3.05, 3.63) is 17.5 Å². The van der Waals surface area contributed by atoms with Crippen LogP contribution in [0, 0.1) is 6.92 Å². The van der Waals surface area contributed by atoms with Crippen LogP contribution in [0.2, 0.25) is 0 Å². The molecular weight excluding hydrogens is 196 g/mol. The van der Waals surface area contributed by atoms with Crippen molar-refractivity contribution in [2.75, 3.05) is 0 Å². The summed E-state index contributed by atoms with van der Waals surface area (Å²) in [6.07, 6.45) is 0. The number of nitrogens with zero attached hydrogens (tertiary/aromatic N) is 2. The molecule has 1 N–H and O–H groups in total. The summed E-state index contributed by atoms with van der Waals surface area (Å²) in [5.74, 6) is -1.08. The highest BCUT2D eigenvalue weighted by Gasteiger charge is 2.16.